The molecule has 5 heteroatoms. The number of fused-ring (bicyclic) bond motifs is 1. The van der Waals surface area contributed by atoms with Gasteiger partial charge < -0.3 is 14.3 Å². The number of carbonyl (C=O) groups is 1. The monoisotopic (exact) mass is 289 g/mol. The van der Waals surface area contributed by atoms with E-state index in [0.717, 1.165) is 37.2 Å². The van der Waals surface area contributed by atoms with Crippen LogP contribution in [-0.2, 0) is 11.3 Å². The highest BCUT2D eigenvalue weighted by atomic mass is 16.5. The van der Waals surface area contributed by atoms with E-state index in [-0.39, 0.29) is 11.4 Å². The number of aromatic carboxylic acids is 1. The van der Waals surface area contributed by atoms with Crippen LogP contribution in [-0.4, -0.2) is 41.3 Å². The molecule has 0 saturated carbocycles. The van der Waals surface area contributed by atoms with Crippen LogP contribution < -0.4 is 0 Å². The molecule has 3 rings (SSSR count). The zero-order chi connectivity index (χ0) is 15.0. The van der Waals surface area contributed by atoms with E-state index in [9.17, 15) is 4.79 Å². The molecule has 1 saturated heterocycles. The number of furan rings is 1. The van der Waals surface area contributed by atoms with Crippen molar-refractivity contribution in [2.45, 2.75) is 26.0 Å². The smallest absolute Gasteiger partial charge is 0.371 e. The van der Waals surface area contributed by atoms with Gasteiger partial charge in [0.25, 0.3) is 0 Å². The lowest BCUT2D eigenvalue weighted by Gasteiger charge is -2.38. The first kappa shape index (κ1) is 14.1. The highest BCUT2D eigenvalue weighted by molar-refractivity contribution is 5.91. The molecule has 2 aromatic rings. The standard InChI is InChI=1S/C16H19NO4/c1-16(2)10-17(5-6-20-16)9-11-3-4-13-12(7-11)8-14(21-13)15(18)19/h3-4,7-8H,5-6,9-10H2,1-2H3,(H,18,19). The van der Waals surface area contributed by atoms with E-state index in [1.165, 1.54) is 0 Å². The van der Waals surface area contributed by atoms with Crippen molar-refractivity contribution in [1.82, 2.24) is 4.90 Å². The van der Waals surface area contributed by atoms with Crippen molar-refractivity contribution < 1.29 is 19.1 Å². The number of benzene rings is 1. The summed E-state index contributed by atoms with van der Waals surface area (Å²) in [5.74, 6) is -1.06. The predicted molar refractivity (Wildman–Crippen MR) is 78.5 cm³/mol. The van der Waals surface area contributed by atoms with Crippen molar-refractivity contribution in [3.63, 3.8) is 0 Å². The molecule has 0 radical (unpaired) electrons. The number of hydrogen-bond acceptors (Lipinski definition) is 4. The molecular formula is C16H19NO4. The summed E-state index contributed by atoms with van der Waals surface area (Å²) in [5.41, 5.74) is 1.64. The van der Waals surface area contributed by atoms with Crippen molar-refractivity contribution in [1.29, 1.82) is 0 Å². The molecule has 0 unspecified atom stereocenters. The van der Waals surface area contributed by atoms with Crippen LogP contribution in [0, 0.1) is 0 Å². The van der Waals surface area contributed by atoms with Crippen LogP contribution in [0.15, 0.2) is 28.7 Å². The van der Waals surface area contributed by atoms with Gasteiger partial charge in [0.15, 0.2) is 0 Å². The molecule has 0 spiro atoms. The van der Waals surface area contributed by atoms with E-state index in [1.54, 1.807) is 6.07 Å². The van der Waals surface area contributed by atoms with Gasteiger partial charge in [-0.1, -0.05) is 6.07 Å². The minimum atomic E-state index is -1.04. The Bertz CT molecular complexity index is 674. The fraction of sp³-hybridized carbons (Fsp3) is 0.438. The van der Waals surface area contributed by atoms with Crippen LogP contribution in [0.4, 0.5) is 0 Å². The first-order valence-electron chi connectivity index (χ1n) is 7.05. The Morgan fingerprint density at radius 3 is 2.90 bits per heavy atom. The topological polar surface area (TPSA) is 62.9 Å². The summed E-state index contributed by atoms with van der Waals surface area (Å²) < 4.78 is 11.0. The van der Waals surface area contributed by atoms with Crippen LogP contribution in [0.2, 0.25) is 0 Å². The Labute approximate surface area is 123 Å². The highest BCUT2D eigenvalue weighted by Crippen LogP contribution is 2.23. The van der Waals surface area contributed by atoms with Crippen molar-refractivity contribution in [3.05, 3.63) is 35.6 Å². The van der Waals surface area contributed by atoms with E-state index in [4.69, 9.17) is 14.3 Å². The minimum Gasteiger partial charge on any atom is -0.475 e. The van der Waals surface area contributed by atoms with E-state index in [2.05, 4.69) is 18.7 Å². The van der Waals surface area contributed by atoms with Crippen molar-refractivity contribution in [2.24, 2.45) is 0 Å². The van der Waals surface area contributed by atoms with Crippen LogP contribution in [0.1, 0.15) is 30.0 Å². The third-order valence-electron chi connectivity index (χ3n) is 3.70. The number of ether oxygens (including phenoxy) is 1. The summed E-state index contributed by atoms with van der Waals surface area (Å²) in [6, 6.07) is 7.39. The molecule has 0 atom stereocenters. The molecule has 0 amide bonds. The second kappa shape index (κ2) is 5.16. The van der Waals surface area contributed by atoms with E-state index >= 15 is 0 Å². The van der Waals surface area contributed by atoms with Crippen molar-refractivity contribution in [2.75, 3.05) is 19.7 Å². The summed E-state index contributed by atoms with van der Waals surface area (Å²) in [5, 5.41) is 9.79. The first-order valence-corrected chi connectivity index (χ1v) is 7.05. The molecule has 21 heavy (non-hydrogen) atoms. The Morgan fingerprint density at radius 1 is 1.38 bits per heavy atom. The van der Waals surface area contributed by atoms with E-state index in [1.807, 2.05) is 18.2 Å². The van der Waals surface area contributed by atoms with Crippen molar-refractivity contribution >= 4 is 16.9 Å². The van der Waals surface area contributed by atoms with Gasteiger partial charge in [0.05, 0.1) is 12.2 Å². The maximum absolute atomic E-state index is 10.9. The van der Waals surface area contributed by atoms with Gasteiger partial charge in [0.1, 0.15) is 5.58 Å². The molecular weight excluding hydrogens is 270 g/mol. The molecule has 1 aromatic heterocycles. The summed E-state index contributed by atoms with van der Waals surface area (Å²) >= 11 is 0. The van der Waals surface area contributed by atoms with Gasteiger partial charge in [-0.3, -0.25) is 4.90 Å². The fourth-order valence-electron chi connectivity index (χ4n) is 2.80. The number of carboxylic acid groups (broad SMARTS) is 1. The normalized spacial score (nSPS) is 19.0. The Morgan fingerprint density at radius 2 is 2.19 bits per heavy atom. The minimum absolute atomic E-state index is 0.0188. The molecule has 5 nitrogen and oxygen atoms in total. The average molecular weight is 289 g/mol. The number of rotatable bonds is 3. The number of morpholine rings is 1. The molecule has 1 fully saturated rings. The molecule has 0 aliphatic carbocycles. The molecule has 1 aliphatic rings. The van der Waals surface area contributed by atoms with Crippen LogP contribution in [0.5, 0.6) is 0 Å². The van der Waals surface area contributed by atoms with Gasteiger partial charge in [-0.15, -0.1) is 0 Å². The summed E-state index contributed by atoms with van der Waals surface area (Å²) in [7, 11) is 0. The lowest BCUT2D eigenvalue weighted by molar-refractivity contribution is -0.0882. The molecule has 2 heterocycles. The second-order valence-corrected chi connectivity index (χ2v) is 6.11. The summed E-state index contributed by atoms with van der Waals surface area (Å²) in [6.45, 7) is 7.56. The lowest BCUT2D eigenvalue weighted by Crippen LogP contribution is -2.47. The lowest BCUT2D eigenvalue weighted by atomic mass is 10.1. The number of nitrogens with zero attached hydrogens (tertiary/aromatic N) is 1. The molecule has 0 bridgehead atoms. The maximum Gasteiger partial charge on any atom is 0.371 e. The van der Waals surface area contributed by atoms with Crippen LogP contribution >= 0.6 is 0 Å². The Hall–Kier alpha value is -1.85. The first-order chi connectivity index (χ1) is 9.93. The Kier molecular flexibility index (Phi) is 3.47. The molecule has 1 N–H and O–H groups in total. The average Bonchev–Trinajstić information content (AvgIpc) is 2.80. The SMILES string of the molecule is CC1(C)CN(Cc2ccc3oc(C(=O)O)cc3c2)CCO1. The fourth-order valence-corrected chi connectivity index (χ4v) is 2.80. The third-order valence-corrected chi connectivity index (χ3v) is 3.70. The highest BCUT2D eigenvalue weighted by Gasteiger charge is 2.27. The van der Waals surface area contributed by atoms with E-state index < -0.39 is 5.97 Å². The van der Waals surface area contributed by atoms with Crippen molar-refractivity contribution in [3.8, 4) is 0 Å². The zero-order valence-corrected chi connectivity index (χ0v) is 12.3. The van der Waals surface area contributed by atoms with Gasteiger partial charge in [0.2, 0.25) is 5.76 Å². The van der Waals surface area contributed by atoms with Crippen LogP contribution in [0.25, 0.3) is 11.0 Å². The van der Waals surface area contributed by atoms with E-state index in [0.29, 0.717) is 5.58 Å². The number of carboxylic acids is 1. The summed E-state index contributed by atoms with van der Waals surface area (Å²) in [4.78, 5) is 13.3. The number of hydrogen-bond donors (Lipinski definition) is 1. The van der Waals surface area contributed by atoms with Gasteiger partial charge in [-0.2, -0.15) is 0 Å². The Balaban J connectivity index is 1.79. The van der Waals surface area contributed by atoms with Gasteiger partial charge in [-0.25, -0.2) is 4.79 Å². The quantitative estimate of drug-likeness (QED) is 0.941. The largest absolute Gasteiger partial charge is 0.475 e. The third kappa shape index (κ3) is 3.09. The van der Waals surface area contributed by atoms with Crippen LogP contribution in [0.3, 0.4) is 0 Å². The van der Waals surface area contributed by atoms with Gasteiger partial charge in [0, 0.05) is 25.0 Å². The molecule has 1 aromatic carbocycles. The second-order valence-electron chi connectivity index (χ2n) is 6.11. The van der Waals surface area contributed by atoms with Gasteiger partial charge >= 0.3 is 5.97 Å². The zero-order valence-electron chi connectivity index (χ0n) is 12.3. The van der Waals surface area contributed by atoms with Gasteiger partial charge in [-0.05, 0) is 37.6 Å². The summed E-state index contributed by atoms with van der Waals surface area (Å²) in [6.07, 6.45) is 0. The molecule has 1 aliphatic heterocycles. The predicted octanol–water partition coefficient (Wildman–Crippen LogP) is 2.74. The molecule has 112 valence electrons. The maximum atomic E-state index is 10.9.